The molecule has 0 saturated carbocycles. The minimum atomic E-state index is 0.419. The van der Waals surface area contributed by atoms with E-state index in [4.69, 9.17) is 9.47 Å². The Labute approximate surface area is 159 Å². The zero-order chi connectivity index (χ0) is 18.8. The van der Waals surface area contributed by atoms with Crippen LogP contribution in [0.1, 0.15) is 17.0 Å². The molecule has 4 aromatic rings. The highest BCUT2D eigenvalue weighted by Gasteiger charge is 2.10. The fourth-order valence-electron chi connectivity index (χ4n) is 3.01. The summed E-state index contributed by atoms with van der Waals surface area (Å²) in [5.41, 5.74) is 4.33. The van der Waals surface area contributed by atoms with Crippen molar-refractivity contribution in [2.24, 2.45) is 7.05 Å². The number of aryl methyl sites for hydroxylation is 3. The van der Waals surface area contributed by atoms with E-state index in [1.165, 1.54) is 11.1 Å². The molecule has 0 amide bonds. The first-order chi connectivity index (χ1) is 13.1. The molecule has 0 spiro atoms. The van der Waals surface area contributed by atoms with Crippen LogP contribution in [0.2, 0.25) is 0 Å². The van der Waals surface area contributed by atoms with Crippen LogP contribution in [0.3, 0.4) is 0 Å². The third kappa shape index (κ3) is 3.80. The quantitative estimate of drug-likeness (QED) is 0.468. The third-order valence-corrected chi connectivity index (χ3v) is 4.56. The lowest BCUT2D eigenvalue weighted by Crippen LogP contribution is -2.03. The highest BCUT2D eigenvalue weighted by molar-refractivity contribution is 5.77. The van der Waals surface area contributed by atoms with Gasteiger partial charge in [0.1, 0.15) is 29.7 Å². The second kappa shape index (κ2) is 7.16. The molecule has 0 radical (unpaired) electrons. The first kappa shape index (κ1) is 17.2. The molecule has 1 aromatic heterocycles. The van der Waals surface area contributed by atoms with Crippen molar-refractivity contribution in [1.29, 1.82) is 0 Å². The molecule has 0 atom stereocenters. The van der Waals surface area contributed by atoms with Gasteiger partial charge in [0.25, 0.3) is 0 Å². The number of rotatable bonds is 5. The highest BCUT2D eigenvalue weighted by atomic mass is 16.5. The molecular weight excluding hydrogens is 336 g/mol. The molecule has 136 valence electrons. The molecule has 0 bridgehead atoms. The standard InChI is InChI=1S/C23H22N2O2/c1-16-7-9-18(10-8-16)26-15-23-24-21-12-11-20(14-22(21)25(23)3)27-19-6-4-5-17(2)13-19/h4-14H,15H2,1-3H3. The molecule has 0 fully saturated rings. The lowest BCUT2D eigenvalue weighted by Gasteiger charge is -2.08. The van der Waals surface area contributed by atoms with Crippen molar-refractivity contribution in [1.82, 2.24) is 9.55 Å². The Hall–Kier alpha value is -3.27. The Morgan fingerprint density at radius 2 is 1.56 bits per heavy atom. The lowest BCUT2D eigenvalue weighted by molar-refractivity contribution is 0.292. The van der Waals surface area contributed by atoms with Crippen LogP contribution in [-0.2, 0) is 13.7 Å². The summed E-state index contributed by atoms with van der Waals surface area (Å²) in [5.74, 6) is 3.34. The monoisotopic (exact) mass is 358 g/mol. The van der Waals surface area contributed by atoms with E-state index in [1.807, 2.05) is 72.3 Å². The van der Waals surface area contributed by atoms with E-state index < -0.39 is 0 Å². The van der Waals surface area contributed by atoms with E-state index in [2.05, 4.69) is 24.9 Å². The SMILES string of the molecule is Cc1ccc(OCc2nc3ccc(Oc4cccc(C)c4)cc3n2C)cc1. The maximum atomic E-state index is 6.00. The Morgan fingerprint density at radius 1 is 0.815 bits per heavy atom. The van der Waals surface area contributed by atoms with Gasteiger partial charge in [0.05, 0.1) is 11.0 Å². The molecule has 0 unspecified atom stereocenters. The van der Waals surface area contributed by atoms with Crippen LogP contribution in [0.5, 0.6) is 17.2 Å². The van der Waals surface area contributed by atoms with Gasteiger partial charge < -0.3 is 14.0 Å². The van der Waals surface area contributed by atoms with Crippen molar-refractivity contribution < 1.29 is 9.47 Å². The molecule has 0 saturated heterocycles. The maximum Gasteiger partial charge on any atom is 0.147 e. The first-order valence-corrected chi connectivity index (χ1v) is 8.98. The summed E-state index contributed by atoms with van der Waals surface area (Å²) in [6, 6.07) is 22.0. The highest BCUT2D eigenvalue weighted by Crippen LogP contribution is 2.26. The van der Waals surface area contributed by atoms with Gasteiger partial charge in [0, 0.05) is 13.1 Å². The number of hydrogen-bond acceptors (Lipinski definition) is 3. The Kier molecular flexibility index (Phi) is 4.55. The van der Waals surface area contributed by atoms with Crippen LogP contribution in [-0.4, -0.2) is 9.55 Å². The zero-order valence-electron chi connectivity index (χ0n) is 15.8. The molecule has 0 aliphatic rings. The molecule has 0 aliphatic heterocycles. The van der Waals surface area contributed by atoms with Crippen molar-refractivity contribution >= 4 is 11.0 Å². The predicted octanol–water partition coefficient (Wildman–Crippen LogP) is 5.56. The Balaban J connectivity index is 1.55. The molecule has 4 rings (SSSR count). The van der Waals surface area contributed by atoms with E-state index in [-0.39, 0.29) is 0 Å². The zero-order valence-corrected chi connectivity index (χ0v) is 15.8. The largest absolute Gasteiger partial charge is 0.486 e. The smallest absolute Gasteiger partial charge is 0.147 e. The van der Waals surface area contributed by atoms with E-state index in [9.17, 15) is 0 Å². The topological polar surface area (TPSA) is 36.3 Å². The van der Waals surface area contributed by atoms with Crippen molar-refractivity contribution in [3.05, 3.63) is 83.7 Å². The van der Waals surface area contributed by atoms with Crippen LogP contribution in [0.25, 0.3) is 11.0 Å². The van der Waals surface area contributed by atoms with E-state index in [1.54, 1.807) is 0 Å². The summed E-state index contributed by atoms with van der Waals surface area (Å²) in [6.07, 6.45) is 0. The van der Waals surface area contributed by atoms with Crippen LogP contribution in [0.4, 0.5) is 0 Å². The molecule has 0 aliphatic carbocycles. The molecule has 4 nitrogen and oxygen atoms in total. The summed E-state index contributed by atoms with van der Waals surface area (Å²) in [6.45, 7) is 4.53. The number of ether oxygens (including phenoxy) is 2. The number of benzene rings is 3. The van der Waals surface area contributed by atoms with Crippen LogP contribution < -0.4 is 9.47 Å². The van der Waals surface area contributed by atoms with Gasteiger partial charge in [0.2, 0.25) is 0 Å². The van der Waals surface area contributed by atoms with Gasteiger partial charge >= 0.3 is 0 Å². The average molecular weight is 358 g/mol. The summed E-state index contributed by atoms with van der Waals surface area (Å²) in [7, 11) is 2.00. The molecule has 4 heteroatoms. The van der Waals surface area contributed by atoms with Gasteiger partial charge in [0.15, 0.2) is 0 Å². The maximum absolute atomic E-state index is 6.00. The van der Waals surface area contributed by atoms with Gasteiger partial charge in [-0.3, -0.25) is 0 Å². The molecule has 0 N–H and O–H groups in total. The average Bonchev–Trinajstić information content (AvgIpc) is 2.97. The molecule has 27 heavy (non-hydrogen) atoms. The summed E-state index contributed by atoms with van der Waals surface area (Å²) in [5, 5.41) is 0. The Bertz CT molecular complexity index is 1080. The van der Waals surface area contributed by atoms with Crippen LogP contribution in [0, 0.1) is 13.8 Å². The van der Waals surface area contributed by atoms with E-state index >= 15 is 0 Å². The second-order valence-electron chi connectivity index (χ2n) is 6.76. The van der Waals surface area contributed by atoms with Crippen molar-refractivity contribution in [3.8, 4) is 17.2 Å². The molecule has 3 aromatic carbocycles. The fraction of sp³-hybridized carbons (Fsp3) is 0.174. The van der Waals surface area contributed by atoms with Gasteiger partial charge in [-0.2, -0.15) is 0 Å². The van der Waals surface area contributed by atoms with Crippen molar-refractivity contribution in [2.75, 3.05) is 0 Å². The van der Waals surface area contributed by atoms with Crippen molar-refractivity contribution in [2.45, 2.75) is 20.5 Å². The van der Waals surface area contributed by atoms with Crippen LogP contribution in [0.15, 0.2) is 66.7 Å². The minimum absolute atomic E-state index is 0.419. The first-order valence-electron chi connectivity index (χ1n) is 8.98. The number of imidazole rings is 1. The van der Waals surface area contributed by atoms with Gasteiger partial charge in [-0.05, 0) is 55.8 Å². The minimum Gasteiger partial charge on any atom is -0.486 e. The predicted molar refractivity (Wildman–Crippen MR) is 107 cm³/mol. The third-order valence-electron chi connectivity index (χ3n) is 4.56. The fourth-order valence-corrected chi connectivity index (χ4v) is 3.01. The molecular formula is C23H22N2O2. The van der Waals surface area contributed by atoms with E-state index in [0.29, 0.717) is 6.61 Å². The lowest BCUT2D eigenvalue weighted by atomic mass is 10.2. The summed E-state index contributed by atoms with van der Waals surface area (Å²) >= 11 is 0. The summed E-state index contributed by atoms with van der Waals surface area (Å²) < 4.78 is 13.9. The Morgan fingerprint density at radius 3 is 2.33 bits per heavy atom. The van der Waals surface area contributed by atoms with E-state index in [0.717, 1.165) is 34.1 Å². The van der Waals surface area contributed by atoms with Crippen LogP contribution >= 0.6 is 0 Å². The molecule has 1 heterocycles. The number of hydrogen-bond donors (Lipinski definition) is 0. The second-order valence-corrected chi connectivity index (χ2v) is 6.76. The van der Waals surface area contributed by atoms with Gasteiger partial charge in [-0.1, -0.05) is 29.8 Å². The number of aromatic nitrogens is 2. The number of nitrogens with zero attached hydrogens (tertiary/aromatic N) is 2. The number of fused-ring (bicyclic) bond motifs is 1. The van der Waals surface area contributed by atoms with Crippen molar-refractivity contribution in [3.63, 3.8) is 0 Å². The van der Waals surface area contributed by atoms with Gasteiger partial charge in [-0.15, -0.1) is 0 Å². The van der Waals surface area contributed by atoms with Gasteiger partial charge in [-0.25, -0.2) is 4.98 Å². The summed E-state index contributed by atoms with van der Waals surface area (Å²) in [4.78, 5) is 4.69. The normalized spacial score (nSPS) is 10.9.